The van der Waals surface area contributed by atoms with Gasteiger partial charge in [0.15, 0.2) is 0 Å². The minimum atomic E-state index is -4.32. The van der Waals surface area contributed by atoms with E-state index >= 15 is 0 Å². The Labute approximate surface area is 73.9 Å². The molecule has 0 aliphatic rings. The van der Waals surface area contributed by atoms with Crippen molar-refractivity contribution < 1.29 is 12.9 Å². The van der Waals surface area contributed by atoms with Gasteiger partial charge in [-0.3, -0.25) is 0 Å². The van der Waals surface area contributed by atoms with Gasteiger partial charge in [0.25, 0.3) is 0 Å². The van der Waals surface area contributed by atoms with Crippen molar-refractivity contribution >= 4 is 25.6 Å². The van der Waals surface area contributed by atoms with Crippen molar-refractivity contribution in [1.29, 1.82) is 0 Å². The van der Waals surface area contributed by atoms with Crippen LogP contribution in [0.4, 0.5) is 10.2 Å². The average molecular weight is 210 g/mol. The molecule has 0 saturated carbocycles. The molecule has 0 unspecified atom stereocenters. The summed E-state index contributed by atoms with van der Waals surface area (Å²) in [6, 6.07) is 7.23. The Balaban J connectivity index is 3.02. The zero-order valence-electron chi connectivity index (χ0n) is 5.81. The highest BCUT2D eigenvalue weighted by Gasteiger charge is 2.18. The van der Waals surface area contributed by atoms with Gasteiger partial charge in [-0.15, -0.1) is 0 Å². The number of benzene rings is 1. The molecule has 0 aliphatic heterocycles. The van der Waals surface area contributed by atoms with Crippen molar-refractivity contribution in [3.8, 4) is 0 Å². The van der Waals surface area contributed by atoms with Gasteiger partial charge in [-0.25, -0.2) is 0 Å². The highest BCUT2D eigenvalue weighted by atomic mass is 35.7. The van der Waals surface area contributed by atoms with Crippen LogP contribution in [0.2, 0.25) is 0 Å². The van der Waals surface area contributed by atoms with Crippen LogP contribution in [0.25, 0.3) is 0 Å². The molecule has 0 saturated heterocycles. The summed E-state index contributed by atoms with van der Waals surface area (Å²) in [6.45, 7) is 0. The van der Waals surface area contributed by atoms with Gasteiger partial charge in [-0.2, -0.15) is 8.42 Å². The Hall–Kier alpha value is -0.810. The maximum atomic E-state index is 12.8. The second kappa shape index (κ2) is 3.28. The molecule has 1 rings (SSSR count). The first-order valence-corrected chi connectivity index (χ1v) is 5.24. The number of hydrogen-bond acceptors (Lipinski definition) is 2. The Morgan fingerprint density at radius 1 is 1.25 bits per heavy atom. The maximum Gasteiger partial charge on any atom is 0.348 e. The second-order valence-corrected chi connectivity index (χ2v) is 4.31. The maximum absolute atomic E-state index is 12.8. The molecule has 0 fully saturated rings. The lowest BCUT2D eigenvalue weighted by Gasteiger charge is -2.07. The quantitative estimate of drug-likeness (QED) is 0.551. The summed E-state index contributed by atoms with van der Waals surface area (Å²) in [4.78, 5) is 0. The first-order chi connectivity index (χ1) is 5.52. The van der Waals surface area contributed by atoms with Crippen LogP contribution < -0.4 is 4.53 Å². The number of halogens is 2. The van der Waals surface area contributed by atoms with Crippen LogP contribution in [-0.2, 0) is 9.24 Å². The lowest BCUT2D eigenvalue weighted by molar-refractivity contribution is 0.504. The third kappa shape index (κ3) is 2.09. The van der Waals surface area contributed by atoms with Crippen molar-refractivity contribution in [2.75, 3.05) is 4.53 Å². The van der Waals surface area contributed by atoms with Gasteiger partial charge in [0, 0.05) is 10.7 Å². The molecule has 0 aromatic heterocycles. The van der Waals surface area contributed by atoms with E-state index in [2.05, 4.69) is 0 Å². The van der Waals surface area contributed by atoms with Crippen molar-refractivity contribution in [2.24, 2.45) is 0 Å². The topological polar surface area (TPSA) is 37.4 Å². The molecule has 0 spiro atoms. The molecule has 0 heterocycles. The van der Waals surface area contributed by atoms with Crippen LogP contribution in [0.15, 0.2) is 30.3 Å². The monoisotopic (exact) mass is 209 g/mol. The summed E-state index contributed by atoms with van der Waals surface area (Å²) < 4.78 is 33.2. The molecule has 0 aliphatic carbocycles. The van der Waals surface area contributed by atoms with E-state index in [1.165, 1.54) is 24.3 Å². The summed E-state index contributed by atoms with van der Waals surface area (Å²) in [5.41, 5.74) is -0.118. The molecule has 0 N–H and O–H groups in total. The van der Waals surface area contributed by atoms with Crippen LogP contribution in [0.5, 0.6) is 0 Å². The Morgan fingerprint density at radius 2 is 1.75 bits per heavy atom. The molecule has 0 radical (unpaired) electrons. The lowest BCUT2D eigenvalue weighted by atomic mass is 10.3. The third-order valence-corrected chi connectivity index (χ3v) is 2.11. The van der Waals surface area contributed by atoms with Crippen LogP contribution in [0.1, 0.15) is 0 Å². The SMILES string of the molecule is O=S(=O)(Cl)N(F)c1ccccc1. The van der Waals surface area contributed by atoms with E-state index in [-0.39, 0.29) is 5.69 Å². The van der Waals surface area contributed by atoms with Crippen LogP contribution in [-0.4, -0.2) is 8.42 Å². The van der Waals surface area contributed by atoms with Gasteiger partial charge in [0.05, 0.1) is 5.69 Å². The zero-order valence-corrected chi connectivity index (χ0v) is 7.39. The molecule has 3 nitrogen and oxygen atoms in total. The normalized spacial score (nSPS) is 11.2. The minimum Gasteiger partial charge on any atom is -0.186 e. The summed E-state index contributed by atoms with van der Waals surface area (Å²) in [5, 5.41) is 0. The Bertz CT molecular complexity index is 353. The van der Waals surface area contributed by atoms with Crippen molar-refractivity contribution in [3.63, 3.8) is 0 Å². The van der Waals surface area contributed by atoms with E-state index in [0.717, 1.165) is 0 Å². The molecule has 66 valence electrons. The van der Waals surface area contributed by atoms with Crippen molar-refractivity contribution in [2.45, 2.75) is 0 Å². The van der Waals surface area contributed by atoms with Gasteiger partial charge >= 0.3 is 9.24 Å². The highest BCUT2D eigenvalue weighted by Crippen LogP contribution is 2.19. The smallest absolute Gasteiger partial charge is 0.186 e. The van der Waals surface area contributed by atoms with Crippen molar-refractivity contribution in [1.82, 2.24) is 0 Å². The predicted octanol–water partition coefficient (Wildman–Crippen LogP) is 1.86. The standard InChI is InChI=1S/C6H5ClFNO2S/c7-12(10,11)9(8)6-4-2-1-3-5-6/h1-5H. The van der Waals surface area contributed by atoms with Gasteiger partial charge in [-0.05, 0) is 12.1 Å². The third-order valence-electron chi connectivity index (χ3n) is 1.15. The summed E-state index contributed by atoms with van der Waals surface area (Å²) in [5.74, 6) is 0. The number of rotatable bonds is 2. The minimum absolute atomic E-state index is 0.118. The Morgan fingerprint density at radius 3 is 2.17 bits per heavy atom. The van der Waals surface area contributed by atoms with Gasteiger partial charge in [0.2, 0.25) is 0 Å². The largest absolute Gasteiger partial charge is 0.348 e. The highest BCUT2D eigenvalue weighted by molar-refractivity contribution is 8.14. The second-order valence-electron chi connectivity index (χ2n) is 1.99. The fourth-order valence-electron chi connectivity index (χ4n) is 0.671. The van der Waals surface area contributed by atoms with Gasteiger partial charge in [-0.1, -0.05) is 27.2 Å². The van der Waals surface area contributed by atoms with E-state index < -0.39 is 13.8 Å². The summed E-state index contributed by atoms with van der Waals surface area (Å²) >= 11 is 0. The predicted molar refractivity (Wildman–Crippen MR) is 44.8 cm³/mol. The first kappa shape index (κ1) is 9.28. The molecule has 12 heavy (non-hydrogen) atoms. The molecule has 1 aromatic rings. The molecule has 0 bridgehead atoms. The van der Waals surface area contributed by atoms with E-state index in [9.17, 15) is 12.9 Å². The van der Waals surface area contributed by atoms with Crippen LogP contribution in [0.3, 0.4) is 0 Å². The molecule has 0 amide bonds. The first-order valence-electron chi connectivity index (χ1n) is 2.97. The summed E-state index contributed by atoms with van der Waals surface area (Å²) in [7, 11) is 0.424. The number of para-hydroxylation sites is 1. The van der Waals surface area contributed by atoms with E-state index in [1.807, 2.05) is 0 Å². The zero-order chi connectivity index (χ0) is 9.19. The fourth-order valence-corrected chi connectivity index (χ4v) is 1.28. The number of anilines is 1. The molecule has 1 aromatic carbocycles. The van der Waals surface area contributed by atoms with Crippen LogP contribution in [0, 0.1) is 0 Å². The number of nitrogens with zero attached hydrogens (tertiary/aromatic N) is 1. The lowest BCUT2D eigenvalue weighted by Crippen LogP contribution is -2.15. The number of hydrogen-bond donors (Lipinski definition) is 0. The van der Waals surface area contributed by atoms with Crippen molar-refractivity contribution in [3.05, 3.63) is 30.3 Å². The molecule has 0 atom stereocenters. The molecule has 6 heteroatoms. The summed E-state index contributed by atoms with van der Waals surface area (Å²) in [6.07, 6.45) is 0. The molecular formula is C6H5ClFNO2S. The van der Waals surface area contributed by atoms with Gasteiger partial charge < -0.3 is 0 Å². The van der Waals surface area contributed by atoms with Crippen LogP contribution >= 0.6 is 10.7 Å². The van der Waals surface area contributed by atoms with E-state index in [4.69, 9.17) is 10.7 Å². The van der Waals surface area contributed by atoms with E-state index in [1.54, 1.807) is 6.07 Å². The molecular weight excluding hydrogens is 205 g/mol. The average Bonchev–Trinajstić information content (AvgIpc) is 2.03. The Kier molecular flexibility index (Phi) is 2.54. The van der Waals surface area contributed by atoms with E-state index in [0.29, 0.717) is 0 Å². The fraction of sp³-hybridized carbons (Fsp3) is 0. The van der Waals surface area contributed by atoms with Gasteiger partial charge in [0.1, 0.15) is 0 Å².